The summed E-state index contributed by atoms with van der Waals surface area (Å²) in [6.07, 6.45) is 6.72. The van der Waals surface area contributed by atoms with Crippen LogP contribution in [-0.2, 0) is 10.2 Å². The van der Waals surface area contributed by atoms with Gasteiger partial charge in [0.05, 0.1) is 25.0 Å². The van der Waals surface area contributed by atoms with Crippen molar-refractivity contribution in [3.8, 4) is 0 Å². The van der Waals surface area contributed by atoms with Crippen molar-refractivity contribution in [1.29, 1.82) is 0 Å². The Kier molecular flexibility index (Phi) is 5.32. The lowest BCUT2D eigenvalue weighted by atomic mass is 9.66. The van der Waals surface area contributed by atoms with Crippen molar-refractivity contribution in [2.75, 3.05) is 18.4 Å². The first-order chi connectivity index (χ1) is 14.2. The van der Waals surface area contributed by atoms with Crippen molar-refractivity contribution in [2.45, 2.75) is 83.0 Å². The average Bonchev–Trinajstić information content (AvgIpc) is 3.05. The SMILES string of the molecule is CCC1(c2ncc3cnc(N[C@@H]4CCN(C(=O)OC(C)(C)C)C[C@H]4F)nn23)CCC1. The van der Waals surface area contributed by atoms with Crippen LogP contribution >= 0.6 is 0 Å². The number of alkyl halides is 1. The van der Waals surface area contributed by atoms with Crippen LogP contribution in [-0.4, -0.2) is 61.5 Å². The second-order valence-corrected chi connectivity index (χ2v) is 9.47. The number of likely N-dealkylation sites (tertiary alicyclic amines) is 1. The van der Waals surface area contributed by atoms with Gasteiger partial charge in [-0.1, -0.05) is 13.3 Å². The highest BCUT2D eigenvalue weighted by molar-refractivity contribution is 5.68. The van der Waals surface area contributed by atoms with E-state index in [2.05, 4.69) is 27.3 Å². The molecule has 2 atom stereocenters. The van der Waals surface area contributed by atoms with Crippen LogP contribution in [0.3, 0.4) is 0 Å². The maximum absolute atomic E-state index is 14.8. The van der Waals surface area contributed by atoms with Crippen LogP contribution in [0.4, 0.5) is 15.1 Å². The van der Waals surface area contributed by atoms with Crippen molar-refractivity contribution in [2.24, 2.45) is 0 Å². The fourth-order valence-corrected chi connectivity index (χ4v) is 4.29. The molecule has 9 heteroatoms. The number of imidazole rings is 1. The average molecular weight is 419 g/mol. The highest BCUT2D eigenvalue weighted by atomic mass is 19.1. The number of carbonyl (C=O) groups is 1. The Hall–Kier alpha value is -2.45. The molecule has 1 amide bonds. The molecule has 0 radical (unpaired) electrons. The molecule has 0 bridgehead atoms. The van der Waals surface area contributed by atoms with Gasteiger partial charge in [-0.15, -0.1) is 5.10 Å². The number of carbonyl (C=O) groups excluding carboxylic acids is 1. The second-order valence-electron chi connectivity index (χ2n) is 9.47. The molecule has 0 aromatic carbocycles. The number of ether oxygens (including phenoxy) is 1. The van der Waals surface area contributed by atoms with Crippen molar-refractivity contribution in [3.63, 3.8) is 0 Å². The van der Waals surface area contributed by atoms with Crippen LogP contribution < -0.4 is 5.32 Å². The number of nitrogens with zero attached hydrogens (tertiary/aromatic N) is 5. The lowest BCUT2D eigenvalue weighted by Crippen LogP contribution is -2.51. The van der Waals surface area contributed by atoms with Gasteiger partial charge in [0.2, 0.25) is 5.95 Å². The van der Waals surface area contributed by atoms with Crippen molar-refractivity contribution in [3.05, 3.63) is 18.2 Å². The Morgan fingerprint density at radius 2 is 2.07 bits per heavy atom. The summed E-state index contributed by atoms with van der Waals surface area (Å²) in [5, 5.41) is 7.75. The molecule has 1 N–H and O–H groups in total. The molecule has 30 heavy (non-hydrogen) atoms. The summed E-state index contributed by atoms with van der Waals surface area (Å²) in [5.74, 6) is 1.35. The van der Waals surface area contributed by atoms with Gasteiger partial charge in [-0.2, -0.15) is 0 Å². The number of aromatic nitrogens is 4. The van der Waals surface area contributed by atoms with Gasteiger partial charge < -0.3 is 15.0 Å². The molecular formula is C21H31FN6O2. The van der Waals surface area contributed by atoms with Gasteiger partial charge in [-0.05, 0) is 46.5 Å². The third kappa shape index (κ3) is 3.94. The van der Waals surface area contributed by atoms with E-state index in [1.54, 1.807) is 33.2 Å². The first-order valence-corrected chi connectivity index (χ1v) is 10.8. The smallest absolute Gasteiger partial charge is 0.410 e. The topological polar surface area (TPSA) is 84.7 Å². The molecule has 0 unspecified atom stereocenters. The number of hydrogen-bond donors (Lipinski definition) is 1. The first-order valence-electron chi connectivity index (χ1n) is 10.8. The number of hydrogen-bond acceptors (Lipinski definition) is 6. The Morgan fingerprint density at radius 3 is 2.67 bits per heavy atom. The van der Waals surface area contributed by atoms with Gasteiger partial charge >= 0.3 is 6.09 Å². The van der Waals surface area contributed by atoms with E-state index in [9.17, 15) is 9.18 Å². The van der Waals surface area contributed by atoms with Crippen molar-refractivity contribution in [1.82, 2.24) is 24.5 Å². The minimum atomic E-state index is -1.23. The molecule has 1 saturated heterocycles. The molecule has 1 aliphatic heterocycles. The number of nitrogens with one attached hydrogen (secondary N) is 1. The summed E-state index contributed by atoms with van der Waals surface area (Å²) < 4.78 is 22.0. The predicted molar refractivity (Wildman–Crippen MR) is 111 cm³/mol. The number of rotatable bonds is 4. The van der Waals surface area contributed by atoms with Crippen LogP contribution in [0.1, 0.15) is 65.6 Å². The number of piperidine rings is 1. The fraction of sp³-hybridized carbons (Fsp3) is 0.714. The molecule has 0 spiro atoms. The van der Waals surface area contributed by atoms with E-state index >= 15 is 0 Å². The van der Waals surface area contributed by atoms with Gasteiger partial charge in [0.1, 0.15) is 23.1 Å². The van der Waals surface area contributed by atoms with E-state index < -0.39 is 23.9 Å². The van der Waals surface area contributed by atoms with E-state index in [1.807, 2.05) is 4.52 Å². The normalized spacial score (nSPS) is 23.8. The van der Waals surface area contributed by atoms with E-state index in [1.165, 1.54) is 11.3 Å². The molecular weight excluding hydrogens is 387 g/mol. The van der Waals surface area contributed by atoms with E-state index in [0.29, 0.717) is 18.9 Å². The molecule has 2 fully saturated rings. The van der Waals surface area contributed by atoms with Gasteiger partial charge in [-0.25, -0.2) is 23.7 Å². The molecule has 3 heterocycles. The zero-order chi connectivity index (χ0) is 21.5. The third-order valence-electron chi connectivity index (χ3n) is 6.25. The van der Waals surface area contributed by atoms with Crippen molar-refractivity contribution >= 4 is 17.6 Å². The van der Waals surface area contributed by atoms with Gasteiger partial charge in [0.25, 0.3) is 0 Å². The summed E-state index contributed by atoms with van der Waals surface area (Å²) in [4.78, 5) is 22.6. The molecule has 1 saturated carbocycles. The Bertz CT molecular complexity index is 914. The molecule has 2 aromatic rings. The summed E-state index contributed by atoms with van der Waals surface area (Å²) in [6.45, 7) is 8.00. The highest BCUT2D eigenvalue weighted by Crippen LogP contribution is 2.45. The maximum Gasteiger partial charge on any atom is 0.410 e. The zero-order valence-corrected chi connectivity index (χ0v) is 18.2. The van der Waals surface area contributed by atoms with E-state index in [4.69, 9.17) is 4.74 Å². The van der Waals surface area contributed by atoms with Crippen LogP contribution in [0.5, 0.6) is 0 Å². The summed E-state index contributed by atoms with van der Waals surface area (Å²) in [7, 11) is 0. The molecule has 2 aromatic heterocycles. The number of halogens is 1. The summed E-state index contributed by atoms with van der Waals surface area (Å²) in [6, 6.07) is -0.461. The molecule has 164 valence electrons. The Labute approximate surface area is 176 Å². The van der Waals surface area contributed by atoms with Crippen LogP contribution in [0.2, 0.25) is 0 Å². The van der Waals surface area contributed by atoms with Gasteiger partial charge in [0.15, 0.2) is 0 Å². The minimum absolute atomic E-state index is 0.00983. The molecule has 2 aliphatic rings. The second kappa shape index (κ2) is 7.67. The Balaban J connectivity index is 1.45. The van der Waals surface area contributed by atoms with Crippen molar-refractivity contribution < 1.29 is 13.9 Å². The largest absolute Gasteiger partial charge is 0.444 e. The standard InChI is InChI=1S/C21H31FN6O2/c1-5-21(8-6-9-21)17-23-11-14-12-24-18(26-28(14)17)25-16-7-10-27(13-15(16)22)19(29)30-20(2,3)4/h11-12,15-16H,5-10,13H2,1-4H3,(H,25,26)/t15-,16-/m1/s1. The molecule has 1 aliphatic carbocycles. The quantitative estimate of drug-likeness (QED) is 0.815. The van der Waals surface area contributed by atoms with Gasteiger partial charge in [0, 0.05) is 12.0 Å². The lowest BCUT2D eigenvalue weighted by molar-refractivity contribution is 0.0125. The summed E-state index contributed by atoms with van der Waals surface area (Å²) >= 11 is 0. The molecule has 8 nitrogen and oxygen atoms in total. The minimum Gasteiger partial charge on any atom is -0.444 e. The first kappa shape index (κ1) is 20.8. The molecule has 4 rings (SSSR count). The van der Waals surface area contributed by atoms with Crippen LogP contribution in [0, 0.1) is 0 Å². The van der Waals surface area contributed by atoms with Crippen LogP contribution in [0.25, 0.3) is 5.52 Å². The van der Waals surface area contributed by atoms with Gasteiger partial charge in [-0.3, -0.25) is 0 Å². The van der Waals surface area contributed by atoms with E-state index in [0.717, 1.165) is 30.6 Å². The number of anilines is 1. The summed E-state index contributed by atoms with van der Waals surface area (Å²) in [5.41, 5.74) is 0.325. The number of fused-ring (bicyclic) bond motifs is 1. The third-order valence-corrected chi connectivity index (χ3v) is 6.25. The van der Waals surface area contributed by atoms with E-state index in [-0.39, 0.29) is 12.0 Å². The maximum atomic E-state index is 14.8. The lowest BCUT2D eigenvalue weighted by Gasteiger charge is -2.39. The Morgan fingerprint density at radius 1 is 1.33 bits per heavy atom. The highest BCUT2D eigenvalue weighted by Gasteiger charge is 2.41. The zero-order valence-electron chi connectivity index (χ0n) is 18.2. The number of amides is 1. The fourth-order valence-electron chi connectivity index (χ4n) is 4.29. The van der Waals surface area contributed by atoms with Crippen LogP contribution in [0.15, 0.2) is 12.4 Å². The predicted octanol–water partition coefficient (Wildman–Crippen LogP) is 3.72. The monoisotopic (exact) mass is 418 g/mol.